The van der Waals surface area contributed by atoms with Crippen molar-refractivity contribution < 1.29 is 16.7 Å². The van der Waals surface area contributed by atoms with Gasteiger partial charge in [0, 0.05) is 6.99 Å². The Morgan fingerprint density at radius 1 is 0.700 bits per heavy atom. The van der Waals surface area contributed by atoms with Crippen molar-refractivity contribution in [3.8, 4) is 29.6 Å². The van der Waals surface area contributed by atoms with E-state index in [9.17, 15) is 0 Å². The lowest BCUT2D eigenvalue weighted by atomic mass is 10.0. The van der Waals surface area contributed by atoms with E-state index in [0.29, 0.717) is 11.5 Å². The van der Waals surface area contributed by atoms with Crippen molar-refractivity contribution in [2.45, 2.75) is 47.5 Å². The molecule has 0 fully saturated rings. The van der Waals surface area contributed by atoms with Gasteiger partial charge in [-0.3, -0.25) is 0 Å². The van der Waals surface area contributed by atoms with Crippen LogP contribution < -0.4 is 0 Å². The van der Waals surface area contributed by atoms with Crippen LogP contribution in [0.15, 0.2) is 54.6 Å². The third kappa shape index (κ3) is 8.32. The number of aryl methyl sites for hydroxylation is 5. The zero-order valence-electron chi connectivity index (χ0n) is 18.5. The molecular weight excluding hydrogens is 372 g/mol. The number of hydrogen-bond donors (Lipinski definition) is 3. The van der Waals surface area contributed by atoms with Crippen molar-refractivity contribution >= 4 is 0 Å². The van der Waals surface area contributed by atoms with E-state index in [1.54, 1.807) is 36.4 Å². The fourth-order valence-electron chi connectivity index (χ4n) is 2.69. The first-order valence-corrected chi connectivity index (χ1v) is 9.98. The highest BCUT2D eigenvalue weighted by atomic mass is 16.3. The molecule has 0 aliphatic carbocycles. The molecule has 0 bridgehead atoms. The maximum atomic E-state index is 9.16. The second kappa shape index (κ2) is 12.2. The van der Waals surface area contributed by atoms with Crippen LogP contribution in [0, 0.1) is 40.0 Å². The number of phenols is 3. The van der Waals surface area contributed by atoms with Crippen molar-refractivity contribution in [2.24, 2.45) is 0 Å². The van der Waals surface area contributed by atoms with Gasteiger partial charge in [0.05, 0.1) is 0 Å². The van der Waals surface area contributed by atoms with Crippen LogP contribution in [0.2, 0.25) is 0 Å². The van der Waals surface area contributed by atoms with Crippen molar-refractivity contribution in [1.29, 1.82) is 0 Å². The summed E-state index contributed by atoms with van der Waals surface area (Å²) in [6.45, 7) is 10.1. The van der Waals surface area contributed by atoms with E-state index in [1.807, 2.05) is 39.0 Å². The molecule has 3 aromatic carbocycles. The molecule has 0 radical (unpaired) electrons. The SMILES string of the molecule is C#Cc1cc(O)ccc1C.CCCc1cc(O)ccc1C.Cc1ccc(O)cc1C.[HH]. The zero-order valence-corrected chi connectivity index (χ0v) is 18.5. The molecule has 0 saturated carbocycles. The van der Waals surface area contributed by atoms with E-state index in [4.69, 9.17) is 21.7 Å². The highest BCUT2D eigenvalue weighted by Crippen LogP contribution is 2.17. The van der Waals surface area contributed by atoms with Crippen molar-refractivity contribution in [1.82, 2.24) is 0 Å². The van der Waals surface area contributed by atoms with Crippen LogP contribution in [0.1, 0.15) is 48.2 Å². The largest absolute Gasteiger partial charge is 0.508 e. The number of terminal acetylenes is 1. The zero-order chi connectivity index (χ0) is 22.7. The lowest BCUT2D eigenvalue weighted by Crippen LogP contribution is -1.86. The van der Waals surface area contributed by atoms with Gasteiger partial charge in [0.2, 0.25) is 0 Å². The molecule has 0 saturated heterocycles. The quantitative estimate of drug-likeness (QED) is 0.421. The maximum absolute atomic E-state index is 9.16. The van der Waals surface area contributed by atoms with Crippen molar-refractivity contribution in [3.63, 3.8) is 0 Å². The summed E-state index contributed by atoms with van der Waals surface area (Å²) in [7, 11) is 0. The minimum absolute atomic E-state index is 0. The Morgan fingerprint density at radius 2 is 1.20 bits per heavy atom. The van der Waals surface area contributed by atoms with Crippen molar-refractivity contribution in [3.05, 3.63) is 88.0 Å². The van der Waals surface area contributed by atoms with Gasteiger partial charge in [-0.25, -0.2) is 0 Å². The van der Waals surface area contributed by atoms with Gasteiger partial charge in [-0.1, -0.05) is 37.5 Å². The molecule has 160 valence electrons. The van der Waals surface area contributed by atoms with E-state index >= 15 is 0 Å². The highest BCUT2D eigenvalue weighted by molar-refractivity contribution is 5.43. The Labute approximate surface area is 182 Å². The van der Waals surface area contributed by atoms with Crippen LogP contribution in [-0.2, 0) is 6.42 Å². The van der Waals surface area contributed by atoms with Gasteiger partial charge in [-0.2, -0.15) is 0 Å². The van der Waals surface area contributed by atoms with E-state index in [-0.39, 0.29) is 7.18 Å². The molecule has 0 amide bonds. The van der Waals surface area contributed by atoms with E-state index < -0.39 is 0 Å². The molecule has 3 heteroatoms. The fraction of sp³-hybridized carbons (Fsp3) is 0.259. The van der Waals surface area contributed by atoms with Crippen LogP contribution in [-0.4, -0.2) is 15.3 Å². The van der Waals surface area contributed by atoms with Crippen LogP contribution in [0.25, 0.3) is 0 Å². The molecule has 3 aromatic rings. The third-order valence-corrected chi connectivity index (χ3v) is 4.72. The van der Waals surface area contributed by atoms with Crippen LogP contribution in [0.4, 0.5) is 0 Å². The Kier molecular flexibility index (Phi) is 10.1. The lowest BCUT2D eigenvalue weighted by Gasteiger charge is -2.03. The fourth-order valence-corrected chi connectivity index (χ4v) is 2.69. The summed E-state index contributed by atoms with van der Waals surface area (Å²) < 4.78 is 0. The van der Waals surface area contributed by atoms with Gasteiger partial charge >= 0.3 is 0 Å². The summed E-state index contributed by atoms with van der Waals surface area (Å²) in [5.74, 6) is 3.42. The Hall–Kier alpha value is -3.38. The van der Waals surface area contributed by atoms with Crippen LogP contribution >= 0.6 is 0 Å². The summed E-state index contributed by atoms with van der Waals surface area (Å²) in [6, 6.07) is 15.9. The number of benzene rings is 3. The summed E-state index contributed by atoms with van der Waals surface area (Å²) in [4.78, 5) is 0. The van der Waals surface area contributed by atoms with Gasteiger partial charge < -0.3 is 15.3 Å². The van der Waals surface area contributed by atoms with Gasteiger partial charge in [0.25, 0.3) is 0 Å². The van der Waals surface area contributed by atoms with Gasteiger partial charge in [0.15, 0.2) is 0 Å². The van der Waals surface area contributed by atoms with Crippen LogP contribution in [0.5, 0.6) is 17.2 Å². The molecule has 0 unspecified atom stereocenters. The van der Waals surface area contributed by atoms with E-state index in [0.717, 1.165) is 29.5 Å². The summed E-state index contributed by atoms with van der Waals surface area (Å²) >= 11 is 0. The molecule has 3 N–H and O–H groups in total. The average Bonchev–Trinajstić information content (AvgIpc) is 2.71. The van der Waals surface area contributed by atoms with Crippen molar-refractivity contribution in [2.75, 3.05) is 0 Å². The maximum Gasteiger partial charge on any atom is 0.116 e. The molecule has 0 spiro atoms. The predicted molar refractivity (Wildman–Crippen MR) is 127 cm³/mol. The van der Waals surface area contributed by atoms with Gasteiger partial charge in [0.1, 0.15) is 17.2 Å². The molecular formula is C27H34O3. The van der Waals surface area contributed by atoms with E-state index in [1.165, 1.54) is 16.7 Å². The first-order valence-electron chi connectivity index (χ1n) is 9.98. The smallest absolute Gasteiger partial charge is 0.116 e. The molecule has 3 rings (SSSR count). The predicted octanol–water partition coefficient (Wildman–Crippen LogP) is 6.59. The third-order valence-electron chi connectivity index (χ3n) is 4.72. The first-order chi connectivity index (χ1) is 14.2. The minimum atomic E-state index is 0. The highest BCUT2D eigenvalue weighted by Gasteiger charge is 1.97. The number of aromatic hydroxyl groups is 3. The monoisotopic (exact) mass is 406 g/mol. The number of hydrogen-bond acceptors (Lipinski definition) is 3. The molecule has 0 aliphatic heterocycles. The van der Waals surface area contributed by atoms with Gasteiger partial charge in [-0.05, 0) is 98.3 Å². The second-order valence-electron chi connectivity index (χ2n) is 7.27. The minimum Gasteiger partial charge on any atom is -0.508 e. The molecule has 3 nitrogen and oxygen atoms in total. The normalized spacial score (nSPS) is 9.47. The van der Waals surface area contributed by atoms with Crippen LogP contribution in [0.3, 0.4) is 0 Å². The summed E-state index contributed by atoms with van der Waals surface area (Å²) in [5, 5.41) is 27.1. The standard InChI is InChI=1S/C10H14O.C9H8O.C8H10O.H2/c1-3-4-9-7-10(11)6-5-8(9)2;1-3-8-6-9(10)5-4-7(8)2;1-6-3-4-8(9)5-7(6)2;/h5-7,11H,3-4H2,1-2H3;1,4-6,10H,2H3;3-5,9H,1-2H3;1H. The Balaban J connectivity index is 0.000000431. The summed E-state index contributed by atoms with van der Waals surface area (Å²) in [5.41, 5.74) is 6.64. The topological polar surface area (TPSA) is 60.7 Å². The Bertz CT molecular complexity index is 1000. The van der Waals surface area contributed by atoms with E-state index in [2.05, 4.69) is 19.8 Å². The first kappa shape index (κ1) is 24.7. The molecule has 0 heterocycles. The average molecular weight is 407 g/mol. The number of rotatable bonds is 2. The van der Waals surface area contributed by atoms with Gasteiger partial charge in [-0.15, -0.1) is 6.42 Å². The summed E-state index contributed by atoms with van der Waals surface area (Å²) in [6.07, 6.45) is 7.34. The molecule has 30 heavy (non-hydrogen) atoms. The number of phenolic OH excluding ortho intramolecular Hbond substituents is 3. The molecule has 0 aromatic heterocycles. The molecule has 0 aliphatic rings. The molecule has 0 atom stereocenters. The Morgan fingerprint density at radius 3 is 1.67 bits per heavy atom. The lowest BCUT2D eigenvalue weighted by molar-refractivity contribution is 0.474. The second-order valence-corrected chi connectivity index (χ2v) is 7.27.